The molecule has 2 amide bonds. The van der Waals surface area contributed by atoms with Crippen LogP contribution in [0.15, 0.2) is 0 Å². The lowest BCUT2D eigenvalue weighted by Gasteiger charge is -2.26. The molecule has 0 radical (unpaired) electrons. The number of carbonyl (C=O) groups is 2. The van der Waals surface area contributed by atoms with Crippen molar-refractivity contribution in [3.05, 3.63) is 10.6 Å². The summed E-state index contributed by atoms with van der Waals surface area (Å²) in [6, 6.07) is -1.16. The molecule has 1 aliphatic heterocycles. The van der Waals surface area contributed by atoms with E-state index in [9.17, 15) is 14.7 Å². The summed E-state index contributed by atoms with van der Waals surface area (Å²) >= 11 is 2.90. The van der Waals surface area contributed by atoms with E-state index >= 15 is 0 Å². The predicted octanol–water partition coefficient (Wildman–Crippen LogP) is 2.53. The third-order valence-corrected chi connectivity index (χ3v) is 5.65. The molecule has 0 saturated carbocycles. The number of aliphatic carboxylic acids is 1. The molecule has 2 heterocycles. The number of hydrogen-bond donors (Lipinski definition) is 2. The minimum Gasteiger partial charge on any atom is -0.480 e. The summed E-state index contributed by atoms with van der Waals surface area (Å²) in [5.74, 6) is -0.535. The molecule has 1 saturated heterocycles. The normalized spacial score (nSPS) is 22.1. The molecule has 20 heavy (non-hydrogen) atoms. The Balaban J connectivity index is 2.14. The number of thioether (sulfide) groups is 1. The van der Waals surface area contributed by atoms with E-state index < -0.39 is 12.0 Å². The van der Waals surface area contributed by atoms with Crippen molar-refractivity contribution in [1.29, 1.82) is 0 Å². The maximum absolute atomic E-state index is 12.3. The number of aryl methyl sites for hydroxylation is 2. The van der Waals surface area contributed by atoms with Gasteiger partial charge in [0.1, 0.15) is 6.04 Å². The van der Waals surface area contributed by atoms with Gasteiger partial charge in [-0.15, -0.1) is 23.1 Å². The Bertz CT molecular complexity index is 513. The molecule has 0 spiro atoms. The average molecular weight is 315 g/mol. The summed E-state index contributed by atoms with van der Waals surface area (Å²) in [7, 11) is 0. The lowest BCUT2D eigenvalue weighted by Crippen LogP contribution is -2.47. The maximum atomic E-state index is 12.3. The molecule has 1 aliphatic rings. The summed E-state index contributed by atoms with van der Waals surface area (Å²) < 4.78 is 0. The van der Waals surface area contributed by atoms with Gasteiger partial charge < -0.3 is 5.11 Å². The van der Waals surface area contributed by atoms with Crippen molar-refractivity contribution in [3.8, 4) is 0 Å². The van der Waals surface area contributed by atoms with E-state index in [1.165, 1.54) is 28.0 Å². The number of aromatic nitrogens is 1. The van der Waals surface area contributed by atoms with E-state index in [2.05, 4.69) is 10.3 Å². The van der Waals surface area contributed by atoms with Gasteiger partial charge >= 0.3 is 12.0 Å². The maximum Gasteiger partial charge on any atom is 0.327 e. The van der Waals surface area contributed by atoms with Gasteiger partial charge in [-0.05, 0) is 20.3 Å². The molecule has 0 aromatic carbocycles. The van der Waals surface area contributed by atoms with Crippen LogP contribution in [-0.4, -0.2) is 44.2 Å². The second-order valence-electron chi connectivity index (χ2n) is 4.55. The van der Waals surface area contributed by atoms with Gasteiger partial charge in [0.05, 0.1) is 11.1 Å². The third kappa shape index (κ3) is 2.90. The number of urea groups is 1. The van der Waals surface area contributed by atoms with Crippen LogP contribution >= 0.6 is 23.1 Å². The number of nitrogens with zero attached hydrogens (tertiary/aromatic N) is 2. The highest BCUT2D eigenvalue weighted by Crippen LogP contribution is 2.32. The lowest BCUT2D eigenvalue weighted by molar-refractivity contribution is -0.141. The highest BCUT2D eigenvalue weighted by molar-refractivity contribution is 8.00. The minimum absolute atomic E-state index is 0.0988. The summed E-state index contributed by atoms with van der Waals surface area (Å²) in [6.45, 7) is 5.76. The molecule has 0 bridgehead atoms. The topological polar surface area (TPSA) is 82.5 Å². The third-order valence-electron chi connectivity index (χ3n) is 3.20. The van der Waals surface area contributed by atoms with E-state index in [-0.39, 0.29) is 11.4 Å². The molecule has 1 aromatic heterocycles. The first kappa shape index (κ1) is 15.1. The van der Waals surface area contributed by atoms with Gasteiger partial charge in [0, 0.05) is 10.6 Å². The Morgan fingerprint density at radius 3 is 2.70 bits per heavy atom. The summed E-state index contributed by atoms with van der Waals surface area (Å²) in [5, 5.41) is 12.3. The molecule has 2 atom stereocenters. The van der Waals surface area contributed by atoms with Gasteiger partial charge in [0.25, 0.3) is 0 Å². The van der Waals surface area contributed by atoms with Crippen LogP contribution in [-0.2, 0) is 4.79 Å². The minimum atomic E-state index is -0.963. The van der Waals surface area contributed by atoms with E-state index in [0.717, 1.165) is 17.0 Å². The second kappa shape index (κ2) is 6.01. The van der Waals surface area contributed by atoms with E-state index in [0.29, 0.717) is 10.9 Å². The zero-order valence-electron chi connectivity index (χ0n) is 11.5. The zero-order chi connectivity index (χ0) is 14.9. The van der Waals surface area contributed by atoms with Gasteiger partial charge in [-0.1, -0.05) is 6.92 Å². The molecular formula is C12H17N3O3S2. The number of anilines is 1. The van der Waals surface area contributed by atoms with Crippen LogP contribution in [0.4, 0.5) is 9.93 Å². The number of carbonyl (C=O) groups excluding carboxylic acids is 1. The lowest BCUT2D eigenvalue weighted by atomic mass is 10.3. The number of carboxylic acid groups (broad SMARTS) is 1. The van der Waals surface area contributed by atoms with Gasteiger partial charge in [-0.2, -0.15) is 0 Å². The Morgan fingerprint density at radius 2 is 2.20 bits per heavy atom. The Hall–Kier alpha value is -1.28. The SMILES string of the molecule is CCC1SCC(C(=O)O)N1C(=O)Nc1nc(C)c(C)s1. The average Bonchev–Trinajstić information content (AvgIpc) is 2.93. The fourth-order valence-corrected chi connectivity index (χ4v) is 4.17. The van der Waals surface area contributed by atoms with Gasteiger partial charge in [0.15, 0.2) is 5.13 Å². The van der Waals surface area contributed by atoms with Crippen molar-refractivity contribution in [2.24, 2.45) is 0 Å². The second-order valence-corrected chi connectivity index (χ2v) is 6.96. The van der Waals surface area contributed by atoms with Crippen LogP contribution in [0.3, 0.4) is 0 Å². The standard InChI is InChI=1S/C12H17N3O3S2/c1-4-9-15(8(5-19-9)10(16)17)12(18)14-11-13-6(2)7(3)20-11/h8-9H,4-5H2,1-3H3,(H,16,17)(H,13,14,18). The predicted molar refractivity (Wildman–Crippen MR) is 80.4 cm³/mol. The molecule has 6 nitrogen and oxygen atoms in total. The zero-order valence-corrected chi connectivity index (χ0v) is 13.2. The van der Waals surface area contributed by atoms with Crippen LogP contribution in [0.5, 0.6) is 0 Å². The number of hydrogen-bond acceptors (Lipinski definition) is 5. The first-order chi connectivity index (χ1) is 9.43. The monoisotopic (exact) mass is 315 g/mol. The van der Waals surface area contributed by atoms with Crippen LogP contribution in [0, 0.1) is 13.8 Å². The van der Waals surface area contributed by atoms with Crippen molar-refractivity contribution < 1.29 is 14.7 Å². The molecule has 2 rings (SSSR count). The highest BCUT2D eigenvalue weighted by atomic mass is 32.2. The molecular weight excluding hydrogens is 298 g/mol. The van der Waals surface area contributed by atoms with Crippen LogP contribution < -0.4 is 5.32 Å². The van der Waals surface area contributed by atoms with Gasteiger partial charge in [0.2, 0.25) is 0 Å². The van der Waals surface area contributed by atoms with E-state index in [1.807, 2.05) is 20.8 Å². The summed E-state index contributed by atoms with van der Waals surface area (Å²) in [5.41, 5.74) is 0.878. The van der Waals surface area contributed by atoms with Crippen molar-refractivity contribution in [3.63, 3.8) is 0 Å². The van der Waals surface area contributed by atoms with Crippen molar-refractivity contribution >= 4 is 40.2 Å². The van der Waals surface area contributed by atoms with Crippen LogP contribution in [0.2, 0.25) is 0 Å². The Morgan fingerprint density at radius 1 is 1.50 bits per heavy atom. The molecule has 2 N–H and O–H groups in total. The smallest absolute Gasteiger partial charge is 0.327 e. The summed E-state index contributed by atoms with van der Waals surface area (Å²) in [4.78, 5) is 30.3. The number of amides is 2. The van der Waals surface area contributed by atoms with Crippen molar-refractivity contribution in [2.45, 2.75) is 38.6 Å². The van der Waals surface area contributed by atoms with Crippen molar-refractivity contribution in [1.82, 2.24) is 9.88 Å². The summed E-state index contributed by atoms with van der Waals surface area (Å²) in [6.07, 6.45) is 0.720. The number of nitrogens with one attached hydrogen (secondary N) is 1. The van der Waals surface area contributed by atoms with E-state index in [1.54, 1.807) is 0 Å². The van der Waals surface area contributed by atoms with E-state index in [4.69, 9.17) is 0 Å². The largest absolute Gasteiger partial charge is 0.480 e. The first-order valence-corrected chi connectivity index (χ1v) is 8.18. The molecule has 110 valence electrons. The molecule has 1 fully saturated rings. The molecule has 0 aliphatic carbocycles. The number of thiazole rings is 1. The number of rotatable bonds is 3. The Kier molecular flexibility index (Phi) is 4.54. The molecule has 2 unspecified atom stereocenters. The molecule has 8 heteroatoms. The Labute approximate surface area is 125 Å². The highest BCUT2D eigenvalue weighted by Gasteiger charge is 2.41. The van der Waals surface area contributed by atoms with Crippen LogP contribution in [0.25, 0.3) is 0 Å². The fraction of sp³-hybridized carbons (Fsp3) is 0.583. The first-order valence-electron chi connectivity index (χ1n) is 6.31. The fourth-order valence-electron chi connectivity index (χ4n) is 2.02. The quantitative estimate of drug-likeness (QED) is 0.895. The molecule has 1 aromatic rings. The number of carboxylic acids is 1. The van der Waals surface area contributed by atoms with Gasteiger partial charge in [-0.3, -0.25) is 10.2 Å². The van der Waals surface area contributed by atoms with Gasteiger partial charge in [-0.25, -0.2) is 14.6 Å². The van der Waals surface area contributed by atoms with Crippen molar-refractivity contribution in [2.75, 3.05) is 11.1 Å². The van der Waals surface area contributed by atoms with Crippen LogP contribution in [0.1, 0.15) is 23.9 Å².